The molecule has 0 aromatic heterocycles. The van der Waals surface area contributed by atoms with E-state index < -0.39 is 9.84 Å². The van der Waals surface area contributed by atoms with Gasteiger partial charge in [-0.1, -0.05) is 35.9 Å². The molecule has 0 fully saturated rings. The van der Waals surface area contributed by atoms with Crippen molar-refractivity contribution < 1.29 is 13.2 Å². The Bertz CT molecular complexity index is 782. The minimum atomic E-state index is -3.31. The predicted molar refractivity (Wildman–Crippen MR) is 86.8 cm³/mol. The smallest absolute Gasteiger partial charge is 0.251 e. The van der Waals surface area contributed by atoms with Crippen molar-refractivity contribution in [2.45, 2.75) is 18.2 Å². The van der Waals surface area contributed by atoms with Gasteiger partial charge < -0.3 is 5.32 Å². The first-order valence-electron chi connectivity index (χ1n) is 7.00. The number of rotatable bonds is 5. The fraction of sp³-hybridized carbons (Fsp3) is 0.235. The van der Waals surface area contributed by atoms with Crippen LogP contribution in [-0.4, -0.2) is 27.1 Å². The third-order valence-corrected chi connectivity index (χ3v) is 4.42. The molecule has 0 aliphatic heterocycles. The number of carbonyl (C=O) groups is 1. The summed E-state index contributed by atoms with van der Waals surface area (Å²) in [5.41, 5.74) is 2.70. The van der Waals surface area contributed by atoms with Crippen LogP contribution in [0.25, 0.3) is 0 Å². The SMILES string of the molecule is Cc1cccc(CCNC(=O)c2cccc(S(C)(=O)=O)c2)c1. The van der Waals surface area contributed by atoms with E-state index in [0.717, 1.165) is 18.2 Å². The highest BCUT2D eigenvalue weighted by Crippen LogP contribution is 2.11. The topological polar surface area (TPSA) is 63.2 Å². The highest BCUT2D eigenvalue weighted by Gasteiger charge is 2.11. The van der Waals surface area contributed by atoms with E-state index in [1.165, 1.54) is 17.7 Å². The second kappa shape index (κ2) is 6.75. The molecule has 0 aliphatic rings. The molecule has 0 bridgehead atoms. The summed E-state index contributed by atoms with van der Waals surface area (Å²) in [5, 5.41) is 2.81. The highest BCUT2D eigenvalue weighted by atomic mass is 32.2. The van der Waals surface area contributed by atoms with Crippen LogP contribution in [0.3, 0.4) is 0 Å². The molecule has 1 amide bonds. The van der Waals surface area contributed by atoms with E-state index in [9.17, 15) is 13.2 Å². The molecule has 1 N–H and O–H groups in total. The first kappa shape index (κ1) is 16.2. The maximum Gasteiger partial charge on any atom is 0.251 e. The molecule has 0 saturated carbocycles. The van der Waals surface area contributed by atoms with Gasteiger partial charge >= 0.3 is 0 Å². The van der Waals surface area contributed by atoms with E-state index in [-0.39, 0.29) is 10.8 Å². The number of carbonyl (C=O) groups excluding carboxylic acids is 1. The maximum absolute atomic E-state index is 12.1. The molecule has 2 aromatic rings. The lowest BCUT2D eigenvalue weighted by Gasteiger charge is -2.07. The summed E-state index contributed by atoms with van der Waals surface area (Å²) in [5.74, 6) is -0.266. The van der Waals surface area contributed by atoms with Gasteiger partial charge in [0.05, 0.1) is 4.90 Å². The lowest BCUT2D eigenvalue weighted by atomic mass is 10.1. The van der Waals surface area contributed by atoms with Crippen LogP contribution in [0, 0.1) is 6.92 Å². The van der Waals surface area contributed by atoms with E-state index >= 15 is 0 Å². The van der Waals surface area contributed by atoms with Crippen molar-refractivity contribution in [3.8, 4) is 0 Å². The first-order valence-corrected chi connectivity index (χ1v) is 8.89. The molecule has 0 aliphatic carbocycles. The fourth-order valence-corrected chi connectivity index (χ4v) is 2.82. The van der Waals surface area contributed by atoms with Gasteiger partial charge in [-0.15, -0.1) is 0 Å². The normalized spacial score (nSPS) is 11.2. The van der Waals surface area contributed by atoms with Gasteiger partial charge in [-0.25, -0.2) is 8.42 Å². The van der Waals surface area contributed by atoms with Gasteiger partial charge in [0.2, 0.25) is 0 Å². The molecule has 22 heavy (non-hydrogen) atoms. The Labute approximate surface area is 131 Å². The molecule has 0 atom stereocenters. The average Bonchev–Trinajstić information content (AvgIpc) is 2.46. The molecule has 0 radical (unpaired) electrons. The van der Waals surface area contributed by atoms with Crippen LogP contribution in [0.4, 0.5) is 0 Å². The Morgan fingerprint density at radius 2 is 1.82 bits per heavy atom. The standard InChI is InChI=1S/C17H19NO3S/c1-13-5-3-6-14(11-13)9-10-18-17(19)15-7-4-8-16(12-15)22(2,20)21/h3-8,11-12H,9-10H2,1-2H3,(H,18,19). The molecule has 0 spiro atoms. The van der Waals surface area contributed by atoms with Gasteiger partial charge in [0, 0.05) is 18.4 Å². The molecule has 116 valence electrons. The fourth-order valence-electron chi connectivity index (χ4n) is 2.16. The average molecular weight is 317 g/mol. The molecule has 2 rings (SSSR count). The highest BCUT2D eigenvalue weighted by molar-refractivity contribution is 7.90. The number of hydrogen-bond acceptors (Lipinski definition) is 3. The van der Waals surface area contributed by atoms with E-state index in [2.05, 4.69) is 11.4 Å². The van der Waals surface area contributed by atoms with E-state index in [1.807, 2.05) is 25.1 Å². The Balaban J connectivity index is 1.98. The van der Waals surface area contributed by atoms with Crippen molar-refractivity contribution in [3.63, 3.8) is 0 Å². The summed E-state index contributed by atoms with van der Waals surface area (Å²) in [6, 6.07) is 14.2. The molecule has 5 heteroatoms. The summed E-state index contributed by atoms with van der Waals surface area (Å²) >= 11 is 0. The zero-order valence-electron chi connectivity index (χ0n) is 12.7. The molecular weight excluding hydrogens is 298 g/mol. The number of nitrogens with one attached hydrogen (secondary N) is 1. The van der Waals surface area contributed by atoms with Gasteiger partial charge in [-0.05, 0) is 37.1 Å². The summed E-state index contributed by atoms with van der Waals surface area (Å²) < 4.78 is 23.0. The Hall–Kier alpha value is -2.14. The second-order valence-corrected chi connectivity index (χ2v) is 7.31. The molecular formula is C17H19NO3S. The zero-order valence-corrected chi connectivity index (χ0v) is 13.5. The second-order valence-electron chi connectivity index (χ2n) is 5.29. The van der Waals surface area contributed by atoms with Gasteiger partial charge in [0.15, 0.2) is 9.84 Å². The van der Waals surface area contributed by atoms with Gasteiger partial charge in [-0.3, -0.25) is 4.79 Å². The van der Waals surface area contributed by atoms with Crippen molar-refractivity contribution in [1.82, 2.24) is 5.32 Å². The molecule has 0 saturated heterocycles. The maximum atomic E-state index is 12.1. The Morgan fingerprint density at radius 3 is 2.50 bits per heavy atom. The molecule has 0 heterocycles. The lowest BCUT2D eigenvalue weighted by molar-refractivity contribution is 0.0954. The number of hydrogen-bond donors (Lipinski definition) is 1. The first-order chi connectivity index (χ1) is 10.4. The Kier molecular flexibility index (Phi) is 4.98. The van der Waals surface area contributed by atoms with Crippen LogP contribution in [0.15, 0.2) is 53.4 Å². The quantitative estimate of drug-likeness (QED) is 0.921. The van der Waals surface area contributed by atoms with Crippen molar-refractivity contribution in [2.24, 2.45) is 0 Å². The largest absolute Gasteiger partial charge is 0.352 e. The summed E-state index contributed by atoms with van der Waals surface area (Å²) in [6.07, 6.45) is 1.86. The molecule has 0 unspecified atom stereocenters. The van der Waals surface area contributed by atoms with Gasteiger partial charge in [0.1, 0.15) is 0 Å². The lowest BCUT2D eigenvalue weighted by Crippen LogP contribution is -2.25. The minimum absolute atomic E-state index is 0.152. The number of benzene rings is 2. The predicted octanol–water partition coefficient (Wildman–Crippen LogP) is 2.37. The molecule has 2 aromatic carbocycles. The zero-order chi connectivity index (χ0) is 16.2. The summed E-state index contributed by atoms with van der Waals surface area (Å²) in [7, 11) is -3.31. The van der Waals surface area contributed by atoms with Crippen LogP contribution in [0.5, 0.6) is 0 Å². The van der Waals surface area contributed by atoms with E-state index in [0.29, 0.717) is 12.1 Å². The number of sulfone groups is 1. The number of aryl methyl sites for hydroxylation is 1. The third-order valence-electron chi connectivity index (χ3n) is 3.31. The van der Waals surface area contributed by atoms with Crippen molar-refractivity contribution in [3.05, 3.63) is 65.2 Å². The molecule has 4 nitrogen and oxygen atoms in total. The third kappa shape index (κ3) is 4.43. The van der Waals surface area contributed by atoms with E-state index in [1.54, 1.807) is 12.1 Å². The van der Waals surface area contributed by atoms with Crippen LogP contribution in [0.2, 0.25) is 0 Å². The van der Waals surface area contributed by atoms with E-state index in [4.69, 9.17) is 0 Å². The van der Waals surface area contributed by atoms with Crippen LogP contribution in [-0.2, 0) is 16.3 Å². The van der Waals surface area contributed by atoms with Crippen LogP contribution in [0.1, 0.15) is 21.5 Å². The van der Waals surface area contributed by atoms with Crippen LogP contribution >= 0.6 is 0 Å². The van der Waals surface area contributed by atoms with Gasteiger partial charge in [-0.2, -0.15) is 0 Å². The van der Waals surface area contributed by atoms with Crippen molar-refractivity contribution in [1.29, 1.82) is 0 Å². The number of amides is 1. The van der Waals surface area contributed by atoms with Crippen molar-refractivity contribution in [2.75, 3.05) is 12.8 Å². The Morgan fingerprint density at radius 1 is 1.09 bits per heavy atom. The monoisotopic (exact) mass is 317 g/mol. The van der Waals surface area contributed by atoms with Gasteiger partial charge in [0.25, 0.3) is 5.91 Å². The summed E-state index contributed by atoms with van der Waals surface area (Å²) in [4.78, 5) is 12.2. The van der Waals surface area contributed by atoms with Crippen molar-refractivity contribution >= 4 is 15.7 Å². The van der Waals surface area contributed by atoms with Crippen LogP contribution < -0.4 is 5.32 Å². The summed E-state index contributed by atoms with van der Waals surface area (Å²) in [6.45, 7) is 2.53. The minimum Gasteiger partial charge on any atom is -0.352 e.